The van der Waals surface area contributed by atoms with Gasteiger partial charge in [-0.1, -0.05) is 39.7 Å². The maximum atomic E-state index is 14.5. The number of esters is 1. The van der Waals surface area contributed by atoms with E-state index in [9.17, 15) is 24.0 Å². The molecule has 3 aliphatic rings. The topological polar surface area (TPSA) is 168 Å². The molecule has 3 fully saturated rings. The van der Waals surface area contributed by atoms with E-state index in [0.29, 0.717) is 57.0 Å². The molecule has 0 bridgehead atoms. The molecule has 0 radical (unpaired) electrons. The molecule has 3 saturated heterocycles. The van der Waals surface area contributed by atoms with Crippen LogP contribution < -0.4 is 10.7 Å². The van der Waals surface area contributed by atoms with Crippen molar-refractivity contribution < 1.29 is 33.4 Å². The fraction of sp³-hybridized carbons (Fsp3) is 0.549. The highest BCUT2D eigenvalue weighted by Gasteiger charge is 2.54. The highest BCUT2D eigenvalue weighted by molar-refractivity contribution is 7.10. The molecule has 0 aliphatic carbocycles. The van der Waals surface area contributed by atoms with Crippen molar-refractivity contribution in [2.75, 3.05) is 46.4 Å². The Balaban J connectivity index is 1.20. The third-order valence-electron chi connectivity index (χ3n) is 13.5. The first-order chi connectivity index (χ1) is 32.0. The molecule has 4 atom stereocenters. The highest BCUT2D eigenvalue weighted by atomic mass is 32.1. The minimum atomic E-state index is -0.949. The Kier molecular flexibility index (Phi) is 15.2. The maximum Gasteiger partial charge on any atom is 0.302 e. The van der Waals surface area contributed by atoms with Crippen LogP contribution in [0.4, 0.5) is 0 Å². The zero-order valence-electron chi connectivity index (χ0n) is 40.5. The van der Waals surface area contributed by atoms with E-state index < -0.39 is 28.8 Å². The molecule has 67 heavy (non-hydrogen) atoms. The average molecular weight is 935 g/mol. The fourth-order valence-electron chi connectivity index (χ4n) is 10.0. The number of pyridine rings is 1. The molecule has 3 aromatic heterocycles. The monoisotopic (exact) mass is 934 g/mol. The van der Waals surface area contributed by atoms with Crippen LogP contribution in [0.25, 0.3) is 33.4 Å². The molecule has 3 aliphatic heterocycles. The van der Waals surface area contributed by atoms with E-state index in [1.54, 1.807) is 35.0 Å². The number of hydrogen-bond acceptors (Lipinski definition) is 11. The summed E-state index contributed by atoms with van der Waals surface area (Å²) in [4.78, 5) is 80.9. The van der Waals surface area contributed by atoms with E-state index in [-0.39, 0.29) is 55.3 Å². The molecule has 358 valence electrons. The second-order valence-electron chi connectivity index (χ2n) is 19.3. The largest absolute Gasteiger partial charge is 0.465 e. The number of ether oxygens (including phenoxy) is 2. The molecular weight excluding hydrogens is 869 g/mol. The van der Waals surface area contributed by atoms with Gasteiger partial charge in [0.05, 0.1) is 40.2 Å². The summed E-state index contributed by atoms with van der Waals surface area (Å²) < 4.78 is 13.7. The van der Waals surface area contributed by atoms with Gasteiger partial charge in [0, 0.05) is 98.7 Å². The molecule has 1 aromatic carbocycles. The summed E-state index contributed by atoms with van der Waals surface area (Å²) in [6, 6.07) is 8.63. The molecule has 1 unspecified atom stereocenters. The normalized spacial score (nSPS) is 18.9. The summed E-state index contributed by atoms with van der Waals surface area (Å²) in [5, 5.41) is 8.41. The highest BCUT2D eigenvalue weighted by Crippen LogP contribution is 2.44. The number of hydrazine groups is 1. The number of carbonyl (C=O) groups excluding carboxylic acids is 5. The van der Waals surface area contributed by atoms with Crippen molar-refractivity contribution in [3.8, 4) is 34.4 Å². The Morgan fingerprint density at radius 2 is 1.85 bits per heavy atom. The number of rotatable bonds is 16. The summed E-state index contributed by atoms with van der Waals surface area (Å²) in [5.41, 5.74) is 8.66. The number of aromatic nitrogens is 3. The quantitative estimate of drug-likeness (QED) is 0.0956. The molecule has 2 N–H and O–H groups in total. The van der Waals surface area contributed by atoms with Crippen LogP contribution in [0.1, 0.15) is 103 Å². The summed E-state index contributed by atoms with van der Waals surface area (Å²) in [5.74, 6) is 3.61. The second-order valence-corrected chi connectivity index (χ2v) is 20.2. The zero-order valence-corrected chi connectivity index (χ0v) is 41.3. The van der Waals surface area contributed by atoms with Crippen molar-refractivity contribution in [2.24, 2.45) is 16.7 Å². The molecule has 0 saturated carbocycles. The minimum absolute atomic E-state index is 0.133. The van der Waals surface area contributed by atoms with E-state index in [1.807, 2.05) is 32.2 Å². The summed E-state index contributed by atoms with van der Waals surface area (Å²) in [6.07, 6.45) is 5.11. The van der Waals surface area contributed by atoms with Crippen molar-refractivity contribution in [1.82, 2.24) is 40.1 Å². The van der Waals surface area contributed by atoms with Crippen molar-refractivity contribution in [3.05, 3.63) is 58.2 Å². The number of aryl methyl sites for hydroxylation is 1. The van der Waals surface area contributed by atoms with E-state index >= 15 is 0 Å². The van der Waals surface area contributed by atoms with Crippen LogP contribution in [0, 0.1) is 28.6 Å². The Morgan fingerprint density at radius 3 is 2.54 bits per heavy atom. The number of nitrogens with zero attached hydrogens (tertiary/aromatic N) is 6. The predicted molar refractivity (Wildman–Crippen MR) is 258 cm³/mol. The van der Waals surface area contributed by atoms with Crippen LogP contribution in [0.5, 0.6) is 0 Å². The van der Waals surface area contributed by atoms with Gasteiger partial charge in [-0.15, -0.1) is 11.3 Å². The van der Waals surface area contributed by atoms with Crippen LogP contribution in [0.2, 0.25) is 0 Å². The lowest BCUT2D eigenvalue weighted by Gasteiger charge is -2.34. The molecule has 7 rings (SSSR count). The first-order valence-electron chi connectivity index (χ1n) is 23.6. The van der Waals surface area contributed by atoms with Crippen molar-refractivity contribution in [1.29, 1.82) is 0 Å². The maximum absolute atomic E-state index is 14.5. The van der Waals surface area contributed by atoms with Gasteiger partial charge >= 0.3 is 5.97 Å². The third-order valence-corrected chi connectivity index (χ3v) is 14.4. The number of methoxy groups -OCH3 is 1. The number of fused-ring (bicyclic) bond motifs is 1. The molecule has 4 amide bonds. The smallest absolute Gasteiger partial charge is 0.302 e. The predicted octanol–water partition coefficient (Wildman–Crippen LogP) is 6.34. The number of amides is 4. The first kappa shape index (κ1) is 49.3. The van der Waals surface area contributed by atoms with Crippen molar-refractivity contribution in [3.63, 3.8) is 0 Å². The van der Waals surface area contributed by atoms with Gasteiger partial charge in [-0.3, -0.25) is 34.0 Å². The van der Waals surface area contributed by atoms with Gasteiger partial charge in [0.1, 0.15) is 12.1 Å². The molecule has 1 spiro atoms. The Hall–Kier alpha value is -5.63. The SMILES string of the molecule is CC#CC(=O)N1CC[C@@]2(CCN(C(C(=O)N[C@@H](Cc3nc(-c4ccc5c(c4)c(CC(C)(C)COC(C)=O)c(-c4cccnc4[C@H](C)OC)n5CC)cs3)C(=O)N3CCCCN3)C(C)C)C2=O)C1. The number of benzene rings is 1. The average Bonchev–Trinajstić information content (AvgIpc) is 4.11. The molecular formula is C51H66N8O7S. The van der Waals surface area contributed by atoms with Crippen molar-refractivity contribution >= 4 is 51.8 Å². The second kappa shape index (κ2) is 20.7. The number of likely N-dealkylation sites (tertiary alicyclic amines) is 2. The van der Waals surface area contributed by atoms with Gasteiger partial charge in [0.25, 0.3) is 11.8 Å². The number of carbonyl (C=O) groups is 5. The van der Waals surface area contributed by atoms with Gasteiger partial charge in [-0.2, -0.15) is 0 Å². The van der Waals surface area contributed by atoms with E-state index in [4.69, 9.17) is 19.4 Å². The Morgan fingerprint density at radius 1 is 1.07 bits per heavy atom. The third kappa shape index (κ3) is 10.4. The van der Waals surface area contributed by atoms with E-state index in [0.717, 1.165) is 57.5 Å². The number of hydrogen-bond donors (Lipinski definition) is 2. The lowest BCUT2D eigenvalue weighted by atomic mass is 9.84. The lowest BCUT2D eigenvalue weighted by Crippen LogP contribution is -2.59. The minimum Gasteiger partial charge on any atom is -0.465 e. The fourth-order valence-corrected chi connectivity index (χ4v) is 10.9. The van der Waals surface area contributed by atoms with Gasteiger partial charge in [0.2, 0.25) is 11.8 Å². The standard InChI is InChI=1S/C51H66N8O7S/c1-10-15-43(61)56-24-19-51(30-56)20-25-58(49(51)64)45(32(3)4)47(62)55-39(48(63)59-23-13-12-22-53-59)27-42-54-40(29-67-42)35-17-18-41-37(26-35)38(28-50(7,8)31-66-34(6)60)46(57(41)11-2)36-16-14-21-52-44(36)33(5)65-9/h14,16-18,21,26,29,32-33,39,45,53H,11-13,19-20,22-25,27-28,30-31H2,1-9H3,(H,55,62)/t33-,39-,45?,51+/m0/s1. The van der Waals surface area contributed by atoms with Crippen molar-refractivity contribution in [2.45, 2.75) is 119 Å². The van der Waals surface area contributed by atoms with Gasteiger partial charge < -0.3 is 29.2 Å². The van der Waals surface area contributed by atoms with Crippen LogP contribution in [-0.2, 0) is 52.8 Å². The molecule has 15 nitrogen and oxygen atoms in total. The summed E-state index contributed by atoms with van der Waals surface area (Å²) >= 11 is 1.43. The summed E-state index contributed by atoms with van der Waals surface area (Å²) in [7, 11) is 1.68. The lowest BCUT2D eigenvalue weighted by molar-refractivity contribution is -0.146. The molecule has 6 heterocycles. The van der Waals surface area contributed by atoms with Crippen LogP contribution in [-0.4, -0.2) is 117 Å². The number of nitrogens with one attached hydrogen (secondary N) is 2. The first-order valence-corrected chi connectivity index (χ1v) is 24.5. The Labute approximate surface area is 398 Å². The number of thiazole rings is 1. The van der Waals surface area contributed by atoms with E-state index in [2.05, 4.69) is 72.2 Å². The Bertz CT molecular complexity index is 2570. The van der Waals surface area contributed by atoms with Crippen LogP contribution >= 0.6 is 11.3 Å². The van der Waals surface area contributed by atoms with Gasteiger partial charge in [-0.25, -0.2) is 10.4 Å². The van der Waals surface area contributed by atoms with Gasteiger partial charge in [-0.05, 0) is 94.5 Å². The van der Waals surface area contributed by atoms with Crippen LogP contribution in [0.15, 0.2) is 41.9 Å². The van der Waals surface area contributed by atoms with E-state index in [1.165, 1.54) is 18.3 Å². The summed E-state index contributed by atoms with van der Waals surface area (Å²) in [6.45, 7) is 18.4. The molecule has 4 aromatic rings. The molecule has 16 heteroatoms. The van der Waals surface area contributed by atoms with Crippen LogP contribution in [0.3, 0.4) is 0 Å². The zero-order chi connectivity index (χ0) is 48.2. The van der Waals surface area contributed by atoms with Gasteiger partial charge in [0.15, 0.2) is 0 Å².